The summed E-state index contributed by atoms with van der Waals surface area (Å²) in [5, 5.41) is 9.45. The van der Waals surface area contributed by atoms with Gasteiger partial charge in [-0.15, -0.1) is 0 Å². The topological polar surface area (TPSA) is 90.4 Å². The first-order chi connectivity index (χ1) is 16.2. The van der Waals surface area contributed by atoms with Gasteiger partial charge in [0.2, 0.25) is 27.5 Å². The van der Waals surface area contributed by atoms with Crippen LogP contribution in [0.2, 0.25) is 0 Å². The monoisotopic (exact) mass is 488 g/mol. The van der Waals surface area contributed by atoms with Gasteiger partial charge >= 0.3 is 6.18 Å². The Morgan fingerprint density at radius 3 is 2.35 bits per heavy atom. The molecule has 176 valence electrons. The molecule has 7 nitrogen and oxygen atoms in total. The molecule has 0 spiro atoms. The summed E-state index contributed by atoms with van der Waals surface area (Å²) >= 11 is 0. The summed E-state index contributed by atoms with van der Waals surface area (Å²) in [6, 6.07) is 15.1. The van der Waals surface area contributed by atoms with Crippen molar-refractivity contribution >= 4 is 28.1 Å². The molecule has 0 unspecified atom stereocenters. The van der Waals surface area contributed by atoms with Crippen LogP contribution in [0.4, 0.5) is 19.1 Å². The number of hydrogen-bond donors (Lipinski definition) is 0. The summed E-state index contributed by atoms with van der Waals surface area (Å²) in [6.45, 7) is 0.395. The second-order valence-corrected chi connectivity index (χ2v) is 9.42. The molecule has 2 aromatic carbocycles. The fraction of sp³-hybridized carbons (Fsp3) is 0.217. The van der Waals surface area contributed by atoms with Crippen LogP contribution in [0.25, 0.3) is 12.2 Å². The van der Waals surface area contributed by atoms with Crippen LogP contribution in [0.1, 0.15) is 22.7 Å². The Labute approximate surface area is 194 Å². The molecule has 1 aliphatic heterocycles. The van der Waals surface area contributed by atoms with E-state index in [1.54, 1.807) is 17.1 Å². The molecule has 11 heteroatoms. The van der Waals surface area contributed by atoms with E-state index in [4.69, 9.17) is 4.42 Å². The largest absolute Gasteiger partial charge is 0.420 e. The Balaban J connectivity index is 1.48. The van der Waals surface area contributed by atoms with Gasteiger partial charge in [0.05, 0.1) is 10.5 Å². The van der Waals surface area contributed by atoms with E-state index < -0.39 is 26.7 Å². The smallest absolute Gasteiger partial charge is 0.416 e. The first kappa shape index (κ1) is 23.5. The van der Waals surface area contributed by atoms with E-state index in [1.165, 1.54) is 0 Å². The highest BCUT2D eigenvalue weighted by Gasteiger charge is 2.34. The number of rotatable bonds is 5. The molecule has 0 N–H and O–H groups in total. The quantitative estimate of drug-likeness (QED) is 0.534. The number of piperazine rings is 1. The number of nitrogens with zero attached hydrogens (tertiary/aromatic N) is 4. The lowest BCUT2D eigenvalue weighted by Gasteiger charge is -2.33. The highest BCUT2D eigenvalue weighted by molar-refractivity contribution is 7.89. The summed E-state index contributed by atoms with van der Waals surface area (Å²) in [7, 11) is -4.12. The van der Waals surface area contributed by atoms with Crippen LogP contribution in [-0.4, -0.2) is 43.9 Å². The summed E-state index contributed by atoms with van der Waals surface area (Å²) in [5.41, 5.74) is -0.0281. The Morgan fingerprint density at radius 1 is 1.00 bits per heavy atom. The fourth-order valence-corrected chi connectivity index (χ4v) is 5.00. The molecule has 3 aromatic rings. The Morgan fingerprint density at radius 2 is 1.71 bits per heavy atom. The number of hydrogen-bond acceptors (Lipinski definition) is 6. The standard InChI is InChI=1S/C23H19F3N4O3S/c24-23(25,26)18-7-4-8-19(15-18)34(31,32)30-13-11-29(12-14-30)22-20(16-27)28-21(33-22)10-9-17-5-2-1-3-6-17/h1-10,15H,11-14H2. The molecule has 0 atom stereocenters. The third-order valence-electron chi connectivity index (χ3n) is 5.27. The van der Waals surface area contributed by atoms with Gasteiger partial charge in [-0.3, -0.25) is 0 Å². The lowest BCUT2D eigenvalue weighted by Crippen LogP contribution is -2.48. The predicted octanol–water partition coefficient (Wildman–Crippen LogP) is 4.25. The maximum Gasteiger partial charge on any atom is 0.416 e. The van der Waals surface area contributed by atoms with Gasteiger partial charge in [-0.25, -0.2) is 8.42 Å². The Bertz CT molecular complexity index is 1340. The molecule has 1 saturated heterocycles. The second-order valence-electron chi connectivity index (χ2n) is 7.48. The highest BCUT2D eigenvalue weighted by Crippen LogP contribution is 2.32. The minimum Gasteiger partial charge on any atom is -0.420 e. The molecule has 1 aromatic heterocycles. The van der Waals surface area contributed by atoms with Gasteiger partial charge < -0.3 is 9.32 Å². The number of anilines is 1. The average molecular weight is 488 g/mol. The number of sulfonamides is 1. The molecule has 1 aliphatic rings. The summed E-state index contributed by atoms with van der Waals surface area (Å²) in [4.78, 5) is 5.46. The van der Waals surface area contributed by atoms with Crippen molar-refractivity contribution in [3.8, 4) is 6.07 Å². The SMILES string of the molecule is N#Cc1nc(C=Cc2ccccc2)oc1N1CCN(S(=O)(=O)c2cccc(C(F)(F)F)c2)CC1. The van der Waals surface area contributed by atoms with Crippen molar-refractivity contribution in [3.05, 3.63) is 77.3 Å². The van der Waals surface area contributed by atoms with E-state index in [-0.39, 0.29) is 43.6 Å². The molecule has 0 bridgehead atoms. The molecular weight excluding hydrogens is 469 g/mol. The summed E-state index contributed by atoms with van der Waals surface area (Å²) < 4.78 is 71.7. The van der Waals surface area contributed by atoms with Crippen LogP contribution in [-0.2, 0) is 16.2 Å². The van der Waals surface area contributed by atoms with Crippen molar-refractivity contribution in [3.63, 3.8) is 0 Å². The molecule has 34 heavy (non-hydrogen) atoms. The van der Waals surface area contributed by atoms with E-state index in [2.05, 4.69) is 4.98 Å². The minimum atomic E-state index is -4.64. The predicted molar refractivity (Wildman–Crippen MR) is 119 cm³/mol. The summed E-state index contributed by atoms with van der Waals surface area (Å²) in [6.07, 6.45) is -1.22. The normalized spacial score (nSPS) is 15.5. The van der Waals surface area contributed by atoms with Gasteiger partial charge in [0.1, 0.15) is 6.07 Å². The van der Waals surface area contributed by atoms with Crippen LogP contribution in [0.15, 0.2) is 63.9 Å². The average Bonchev–Trinajstić information content (AvgIpc) is 3.26. The van der Waals surface area contributed by atoms with Crippen molar-refractivity contribution in [2.24, 2.45) is 0 Å². The number of halogens is 3. The highest BCUT2D eigenvalue weighted by atomic mass is 32.2. The van der Waals surface area contributed by atoms with Gasteiger partial charge in [-0.1, -0.05) is 36.4 Å². The van der Waals surface area contributed by atoms with Gasteiger partial charge in [0.15, 0.2) is 0 Å². The van der Waals surface area contributed by atoms with Crippen molar-refractivity contribution in [2.75, 3.05) is 31.1 Å². The van der Waals surface area contributed by atoms with Crippen LogP contribution in [0, 0.1) is 11.3 Å². The van der Waals surface area contributed by atoms with E-state index >= 15 is 0 Å². The van der Waals surface area contributed by atoms with E-state index in [1.807, 2.05) is 36.4 Å². The van der Waals surface area contributed by atoms with Gasteiger partial charge in [-0.05, 0) is 29.8 Å². The number of oxazole rings is 1. The first-order valence-electron chi connectivity index (χ1n) is 10.2. The van der Waals surface area contributed by atoms with Crippen LogP contribution >= 0.6 is 0 Å². The van der Waals surface area contributed by atoms with Crippen molar-refractivity contribution < 1.29 is 26.0 Å². The lowest BCUT2D eigenvalue weighted by molar-refractivity contribution is -0.137. The van der Waals surface area contributed by atoms with Crippen molar-refractivity contribution in [2.45, 2.75) is 11.1 Å². The molecule has 0 saturated carbocycles. The third kappa shape index (κ3) is 4.98. The molecule has 1 fully saturated rings. The zero-order valence-corrected chi connectivity index (χ0v) is 18.6. The summed E-state index contributed by atoms with van der Waals surface area (Å²) in [5.74, 6) is 0.459. The maximum atomic E-state index is 13.0. The molecule has 2 heterocycles. The molecular formula is C23H19F3N4O3S. The van der Waals surface area contributed by atoms with Gasteiger partial charge in [0, 0.05) is 32.3 Å². The Kier molecular flexibility index (Phi) is 6.45. The molecule has 0 aliphatic carbocycles. The Hall–Kier alpha value is -3.62. The van der Waals surface area contributed by atoms with Crippen molar-refractivity contribution in [1.29, 1.82) is 5.26 Å². The number of benzene rings is 2. The molecule has 4 rings (SSSR count). The third-order valence-corrected chi connectivity index (χ3v) is 7.17. The van der Waals surface area contributed by atoms with Crippen LogP contribution in [0.3, 0.4) is 0 Å². The van der Waals surface area contributed by atoms with E-state index in [0.29, 0.717) is 6.07 Å². The number of aromatic nitrogens is 1. The zero-order valence-electron chi connectivity index (χ0n) is 17.7. The minimum absolute atomic E-state index is 0.0132. The molecule has 0 radical (unpaired) electrons. The molecule has 0 amide bonds. The lowest BCUT2D eigenvalue weighted by atomic mass is 10.2. The zero-order chi connectivity index (χ0) is 24.3. The number of nitriles is 1. The fourth-order valence-electron chi connectivity index (χ4n) is 3.53. The van der Waals surface area contributed by atoms with E-state index in [9.17, 15) is 26.9 Å². The van der Waals surface area contributed by atoms with E-state index in [0.717, 1.165) is 28.1 Å². The second kappa shape index (κ2) is 9.32. The van der Waals surface area contributed by atoms with Gasteiger partial charge in [-0.2, -0.15) is 27.7 Å². The van der Waals surface area contributed by atoms with Crippen LogP contribution in [0.5, 0.6) is 0 Å². The van der Waals surface area contributed by atoms with Crippen molar-refractivity contribution in [1.82, 2.24) is 9.29 Å². The first-order valence-corrected chi connectivity index (χ1v) is 11.7. The maximum absolute atomic E-state index is 13.0. The van der Waals surface area contributed by atoms with Crippen LogP contribution < -0.4 is 4.90 Å². The number of alkyl halides is 3. The van der Waals surface area contributed by atoms with Gasteiger partial charge in [0.25, 0.3) is 0 Å².